The van der Waals surface area contributed by atoms with Gasteiger partial charge in [0.15, 0.2) is 0 Å². The normalized spacial score (nSPS) is 11.9. The molecule has 0 aliphatic heterocycles. The summed E-state index contributed by atoms with van der Waals surface area (Å²) in [7, 11) is 1.44. The van der Waals surface area contributed by atoms with Gasteiger partial charge >= 0.3 is 5.97 Å². The SMILES string of the molecule is COC(=O)C(CCC(c1ccccc1)c1ccccc1)Sc1ccccn1. The fourth-order valence-corrected chi connectivity index (χ4v) is 4.15. The van der Waals surface area contributed by atoms with E-state index in [1.807, 2.05) is 30.3 Å². The van der Waals surface area contributed by atoms with Crippen LogP contribution in [-0.4, -0.2) is 23.3 Å². The Hall–Kier alpha value is -2.59. The van der Waals surface area contributed by atoms with E-state index in [4.69, 9.17) is 4.74 Å². The number of aromatic nitrogens is 1. The summed E-state index contributed by atoms with van der Waals surface area (Å²) in [6.07, 6.45) is 3.31. The minimum absolute atomic E-state index is 0.203. The van der Waals surface area contributed by atoms with Crippen molar-refractivity contribution in [3.05, 3.63) is 96.2 Å². The highest BCUT2D eigenvalue weighted by Gasteiger charge is 2.24. The Balaban J connectivity index is 1.78. The molecule has 3 rings (SSSR count). The van der Waals surface area contributed by atoms with Gasteiger partial charge in [0.05, 0.1) is 12.1 Å². The maximum Gasteiger partial charge on any atom is 0.319 e. The first-order valence-electron chi connectivity index (χ1n) is 9.03. The smallest absolute Gasteiger partial charge is 0.319 e. The molecule has 1 aromatic heterocycles. The predicted molar refractivity (Wildman–Crippen MR) is 110 cm³/mol. The van der Waals surface area contributed by atoms with Crippen molar-refractivity contribution < 1.29 is 9.53 Å². The van der Waals surface area contributed by atoms with Crippen LogP contribution < -0.4 is 0 Å². The summed E-state index contributed by atoms with van der Waals surface area (Å²) < 4.78 is 5.04. The lowest BCUT2D eigenvalue weighted by Gasteiger charge is -2.21. The van der Waals surface area contributed by atoms with E-state index in [-0.39, 0.29) is 17.1 Å². The van der Waals surface area contributed by atoms with Crippen LogP contribution in [0.15, 0.2) is 90.1 Å². The first-order valence-corrected chi connectivity index (χ1v) is 9.91. The van der Waals surface area contributed by atoms with Crippen LogP contribution in [0.5, 0.6) is 0 Å². The maximum atomic E-state index is 12.3. The molecule has 0 saturated heterocycles. The monoisotopic (exact) mass is 377 g/mol. The number of rotatable bonds is 8. The Bertz CT molecular complexity index is 785. The molecule has 4 heteroatoms. The quantitative estimate of drug-likeness (QED) is 0.393. The van der Waals surface area contributed by atoms with Gasteiger partial charge in [-0.3, -0.25) is 4.79 Å². The van der Waals surface area contributed by atoms with Crippen molar-refractivity contribution >= 4 is 17.7 Å². The standard InChI is InChI=1S/C23H23NO2S/c1-26-23(25)21(27-22-14-8-9-17-24-22)16-15-20(18-10-4-2-5-11-18)19-12-6-3-7-13-19/h2-14,17,20-21H,15-16H2,1H3. The van der Waals surface area contributed by atoms with Crippen LogP contribution in [0.3, 0.4) is 0 Å². The van der Waals surface area contributed by atoms with Crippen LogP contribution in [0, 0.1) is 0 Å². The van der Waals surface area contributed by atoms with Crippen molar-refractivity contribution in [3.63, 3.8) is 0 Å². The third kappa shape index (κ3) is 5.44. The average molecular weight is 378 g/mol. The molecular formula is C23H23NO2S. The van der Waals surface area contributed by atoms with E-state index in [2.05, 4.69) is 53.5 Å². The van der Waals surface area contributed by atoms with Gasteiger partial charge in [0.1, 0.15) is 5.25 Å². The average Bonchev–Trinajstić information content (AvgIpc) is 2.75. The lowest BCUT2D eigenvalue weighted by molar-refractivity contribution is -0.140. The number of ether oxygens (including phenoxy) is 1. The molecule has 0 saturated carbocycles. The zero-order chi connectivity index (χ0) is 18.9. The number of carbonyl (C=O) groups is 1. The zero-order valence-electron chi connectivity index (χ0n) is 15.3. The van der Waals surface area contributed by atoms with Gasteiger partial charge < -0.3 is 4.74 Å². The third-order valence-electron chi connectivity index (χ3n) is 4.49. The number of thioether (sulfide) groups is 1. The molecule has 0 aliphatic carbocycles. The summed E-state index contributed by atoms with van der Waals surface area (Å²) in [4.78, 5) is 16.7. The van der Waals surface area contributed by atoms with Gasteiger partial charge in [-0.2, -0.15) is 0 Å². The molecule has 3 aromatic rings. The summed E-state index contributed by atoms with van der Waals surface area (Å²) in [5.74, 6) is 0.0365. The second kappa shape index (κ2) is 9.93. The van der Waals surface area contributed by atoms with Crippen LogP contribution in [0.25, 0.3) is 0 Å². The molecule has 0 spiro atoms. The van der Waals surface area contributed by atoms with Gasteiger partial charge in [-0.25, -0.2) is 4.98 Å². The number of methoxy groups -OCH3 is 1. The van der Waals surface area contributed by atoms with Crippen molar-refractivity contribution in [3.8, 4) is 0 Å². The molecule has 0 radical (unpaired) electrons. The van der Waals surface area contributed by atoms with Crippen LogP contribution in [0.2, 0.25) is 0 Å². The fraction of sp³-hybridized carbons (Fsp3) is 0.217. The third-order valence-corrected chi connectivity index (χ3v) is 5.68. The molecule has 27 heavy (non-hydrogen) atoms. The highest BCUT2D eigenvalue weighted by atomic mass is 32.2. The van der Waals surface area contributed by atoms with E-state index < -0.39 is 0 Å². The lowest BCUT2D eigenvalue weighted by Crippen LogP contribution is -2.20. The van der Waals surface area contributed by atoms with Crippen molar-refractivity contribution in [2.45, 2.75) is 29.0 Å². The minimum Gasteiger partial charge on any atom is -0.468 e. The minimum atomic E-state index is -0.278. The number of benzene rings is 2. The summed E-state index contributed by atoms with van der Waals surface area (Å²) in [5.41, 5.74) is 2.52. The maximum absolute atomic E-state index is 12.3. The van der Waals surface area contributed by atoms with E-state index in [1.54, 1.807) is 6.20 Å². The summed E-state index contributed by atoms with van der Waals surface area (Å²) in [6, 6.07) is 26.6. The van der Waals surface area contributed by atoms with Gasteiger partial charge in [0, 0.05) is 12.1 Å². The molecule has 0 N–H and O–H groups in total. The van der Waals surface area contributed by atoms with Crippen molar-refractivity contribution in [2.75, 3.05) is 7.11 Å². The van der Waals surface area contributed by atoms with Crippen LogP contribution in [-0.2, 0) is 9.53 Å². The molecule has 2 aromatic carbocycles. The number of esters is 1. The number of carbonyl (C=O) groups excluding carboxylic acids is 1. The van der Waals surface area contributed by atoms with Gasteiger partial charge in [-0.1, -0.05) is 78.5 Å². The van der Waals surface area contributed by atoms with Gasteiger partial charge in [-0.15, -0.1) is 0 Å². The molecule has 1 atom stereocenters. The molecule has 1 unspecified atom stereocenters. The Kier molecular flexibility index (Phi) is 7.05. The molecule has 3 nitrogen and oxygen atoms in total. The molecular weight excluding hydrogens is 354 g/mol. The Labute approximate surface area is 164 Å². The van der Waals surface area contributed by atoms with Crippen LogP contribution >= 0.6 is 11.8 Å². The molecule has 0 aliphatic rings. The second-order valence-corrected chi connectivity index (χ2v) is 7.47. The summed E-state index contributed by atoms with van der Waals surface area (Å²) in [5, 5.41) is 0.559. The number of hydrogen-bond donors (Lipinski definition) is 0. The lowest BCUT2D eigenvalue weighted by atomic mass is 9.87. The molecule has 0 amide bonds. The number of nitrogens with zero attached hydrogens (tertiary/aromatic N) is 1. The van der Waals surface area contributed by atoms with Crippen molar-refractivity contribution in [2.24, 2.45) is 0 Å². The van der Waals surface area contributed by atoms with Gasteiger partial charge in [0.25, 0.3) is 0 Å². The van der Waals surface area contributed by atoms with Crippen molar-refractivity contribution in [1.82, 2.24) is 4.98 Å². The van der Waals surface area contributed by atoms with Crippen molar-refractivity contribution in [1.29, 1.82) is 0 Å². The van der Waals surface area contributed by atoms with E-state index in [0.717, 1.165) is 11.4 Å². The first-order chi connectivity index (χ1) is 13.3. The number of pyridine rings is 1. The Morgan fingerprint density at radius 2 is 1.48 bits per heavy atom. The topological polar surface area (TPSA) is 39.2 Å². The molecule has 0 bridgehead atoms. The molecule has 0 fully saturated rings. The summed E-state index contributed by atoms with van der Waals surface area (Å²) >= 11 is 1.47. The van der Waals surface area contributed by atoms with E-state index in [1.165, 1.54) is 30.0 Å². The Morgan fingerprint density at radius 3 is 2.00 bits per heavy atom. The van der Waals surface area contributed by atoms with E-state index in [9.17, 15) is 4.79 Å². The van der Waals surface area contributed by atoms with Gasteiger partial charge in [0.2, 0.25) is 0 Å². The second-order valence-electron chi connectivity index (χ2n) is 6.25. The van der Waals surface area contributed by atoms with Crippen LogP contribution in [0.4, 0.5) is 0 Å². The first kappa shape index (κ1) is 19.2. The zero-order valence-corrected chi connectivity index (χ0v) is 16.1. The summed E-state index contributed by atoms with van der Waals surface area (Å²) in [6.45, 7) is 0. The Morgan fingerprint density at radius 1 is 0.889 bits per heavy atom. The van der Waals surface area contributed by atoms with E-state index >= 15 is 0 Å². The molecule has 1 heterocycles. The predicted octanol–water partition coefficient (Wildman–Crippen LogP) is 5.33. The van der Waals surface area contributed by atoms with E-state index in [0.29, 0.717) is 6.42 Å². The number of hydrogen-bond acceptors (Lipinski definition) is 4. The highest BCUT2D eigenvalue weighted by molar-refractivity contribution is 8.00. The van der Waals surface area contributed by atoms with Crippen LogP contribution in [0.1, 0.15) is 29.9 Å². The largest absolute Gasteiger partial charge is 0.468 e. The van der Waals surface area contributed by atoms with Gasteiger partial charge in [-0.05, 0) is 36.1 Å². The fourth-order valence-electron chi connectivity index (χ4n) is 3.13. The highest BCUT2D eigenvalue weighted by Crippen LogP contribution is 2.33. The molecule has 138 valence electrons.